The molecule has 1 fully saturated rings. The molecule has 0 saturated carbocycles. The number of aromatic nitrogens is 3. The molecule has 9 heteroatoms. The van der Waals surface area contributed by atoms with Gasteiger partial charge < -0.3 is 14.4 Å². The van der Waals surface area contributed by atoms with Gasteiger partial charge >= 0.3 is 0 Å². The molecule has 142 valence electrons. The van der Waals surface area contributed by atoms with Gasteiger partial charge in [0.1, 0.15) is 6.33 Å². The average Bonchev–Trinajstić information content (AvgIpc) is 3.37. The minimum absolute atomic E-state index is 0.0187. The second-order valence-corrected chi connectivity index (χ2v) is 6.58. The monoisotopic (exact) mass is 371 g/mol. The molecule has 2 aliphatic rings. The van der Waals surface area contributed by atoms with Crippen molar-refractivity contribution in [1.82, 2.24) is 19.7 Å². The standard InChI is InChI=1S/C18H21N5O4/c1-26-15-8-12(13-9-16(24)21-18-19-11-20-23(13)18)4-5-14(15)27-10-17(25)22-6-2-3-7-22/h4-5,8,11,13H,2-3,6-7,9-10H2,1H3,(H,19,20,21,24)/t13-/m0/s1. The van der Waals surface area contributed by atoms with Crippen molar-refractivity contribution in [2.45, 2.75) is 25.3 Å². The average molecular weight is 371 g/mol. The SMILES string of the molecule is COc1cc([C@@H]2CC(=O)Nc3ncnn32)ccc1OCC(=O)N1CCCC1. The molecule has 1 aromatic heterocycles. The largest absolute Gasteiger partial charge is 0.493 e. The zero-order valence-corrected chi connectivity index (χ0v) is 15.1. The Balaban J connectivity index is 1.52. The van der Waals surface area contributed by atoms with E-state index in [1.165, 1.54) is 6.33 Å². The fraction of sp³-hybridized carbons (Fsp3) is 0.444. The van der Waals surface area contributed by atoms with Crippen LogP contribution in [0.5, 0.6) is 11.5 Å². The smallest absolute Gasteiger partial charge is 0.260 e. The van der Waals surface area contributed by atoms with Gasteiger partial charge in [0.25, 0.3) is 5.91 Å². The minimum Gasteiger partial charge on any atom is -0.493 e. The lowest BCUT2D eigenvalue weighted by atomic mass is 10.0. The van der Waals surface area contributed by atoms with Gasteiger partial charge in [0.05, 0.1) is 19.6 Å². The Kier molecular flexibility index (Phi) is 4.66. The number of carbonyl (C=O) groups excluding carboxylic acids is 2. The Morgan fingerprint density at radius 2 is 2.11 bits per heavy atom. The maximum Gasteiger partial charge on any atom is 0.260 e. The van der Waals surface area contributed by atoms with Crippen LogP contribution in [-0.4, -0.2) is 58.3 Å². The van der Waals surface area contributed by atoms with Crippen LogP contribution in [0, 0.1) is 0 Å². The number of fused-ring (bicyclic) bond motifs is 1. The topological polar surface area (TPSA) is 98.6 Å². The fourth-order valence-corrected chi connectivity index (χ4v) is 3.47. The lowest BCUT2D eigenvalue weighted by molar-refractivity contribution is -0.132. The van der Waals surface area contributed by atoms with E-state index in [1.54, 1.807) is 17.9 Å². The third kappa shape index (κ3) is 3.44. The molecule has 1 atom stereocenters. The number of hydrogen-bond acceptors (Lipinski definition) is 6. The van der Waals surface area contributed by atoms with Crippen molar-refractivity contribution in [3.8, 4) is 11.5 Å². The van der Waals surface area contributed by atoms with Crippen LogP contribution < -0.4 is 14.8 Å². The second kappa shape index (κ2) is 7.26. The third-order valence-electron chi connectivity index (χ3n) is 4.88. The molecule has 9 nitrogen and oxygen atoms in total. The highest BCUT2D eigenvalue weighted by atomic mass is 16.5. The minimum atomic E-state index is -0.273. The summed E-state index contributed by atoms with van der Waals surface area (Å²) in [6.45, 7) is 1.57. The van der Waals surface area contributed by atoms with Crippen LogP contribution in [0.1, 0.15) is 30.9 Å². The van der Waals surface area contributed by atoms with Crippen LogP contribution in [0.3, 0.4) is 0 Å². The van der Waals surface area contributed by atoms with Gasteiger partial charge in [-0.1, -0.05) is 6.07 Å². The molecule has 2 amide bonds. The number of carbonyl (C=O) groups is 2. The first kappa shape index (κ1) is 17.3. The summed E-state index contributed by atoms with van der Waals surface area (Å²) in [6, 6.07) is 5.15. The van der Waals surface area contributed by atoms with Gasteiger partial charge in [-0.2, -0.15) is 10.1 Å². The molecule has 4 rings (SSSR count). The summed E-state index contributed by atoms with van der Waals surface area (Å²) in [5, 5.41) is 6.89. The lowest BCUT2D eigenvalue weighted by Crippen LogP contribution is -2.32. The molecule has 3 heterocycles. The number of benzene rings is 1. The van der Waals surface area contributed by atoms with Crippen LogP contribution in [-0.2, 0) is 9.59 Å². The Hall–Kier alpha value is -3.10. The van der Waals surface area contributed by atoms with Crippen molar-refractivity contribution in [2.75, 3.05) is 32.1 Å². The number of ether oxygens (including phenoxy) is 2. The van der Waals surface area contributed by atoms with Crippen LogP contribution in [0.15, 0.2) is 24.5 Å². The summed E-state index contributed by atoms with van der Waals surface area (Å²) in [4.78, 5) is 30.0. The first-order valence-electron chi connectivity index (χ1n) is 8.93. The maximum atomic E-state index is 12.2. The van der Waals surface area contributed by atoms with E-state index >= 15 is 0 Å². The zero-order valence-electron chi connectivity index (χ0n) is 15.1. The highest BCUT2D eigenvalue weighted by Crippen LogP contribution is 2.34. The van der Waals surface area contributed by atoms with Crippen molar-refractivity contribution < 1.29 is 19.1 Å². The number of amides is 2. The molecule has 0 spiro atoms. The zero-order chi connectivity index (χ0) is 18.8. The molecule has 0 radical (unpaired) electrons. The van der Waals surface area contributed by atoms with Gasteiger partial charge in [-0.3, -0.25) is 14.9 Å². The predicted octanol–water partition coefficient (Wildman–Crippen LogP) is 1.22. The number of nitrogens with one attached hydrogen (secondary N) is 1. The van der Waals surface area contributed by atoms with E-state index in [4.69, 9.17) is 9.47 Å². The van der Waals surface area contributed by atoms with Gasteiger partial charge in [-0.05, 0) is 30.5 Å². The molecule has 27 heavy (non-hydrogen) atoms. The Morgan fingerprint density at radius 1 is 1.30 bits per heavy atom. The van der Waals surface area contributed by atoms with E-state index in [0.717, 1.165) is 31.5 Å². The molecular weight excluding hydrogens is 350 g/mol. The molecule has 1 saturated heterocycles. The summed E-state index contributed by atoms with van der Waals surface area (Å²) >= 11 is 0. The van der Waals surface area contributed by atoms with E-state index < -0.39 is 0 Å². The lowest BCUT2D eigenvalue weighted by Gasteiger charge is -2.24. The summed E-state index contributed by atoms with van der Waals surface area (Å²) in [6.07, 6.45) is 3.76. The first-order valence-corrected chi connectivity index (χ1v) is 8.93. The molecule has 0 bridgehead atoms. The quantitative estimate of drug-likeness (QED) is 0.849. The number of rotatable bonds is 5. The molecule has 2 aliphatic heterocycles. The molecule has 0 aliphatic carbocycles. The van der Waals surface area contributed by atoms with E-state index in [0.29, 0.717) is 17.4 Å². The first-order chi connectivity index (χ1) is 13.2. The van der Waals surface area contributed by atoms with E-state index in [2.05, 4.69) is 15.4 Å². The van der Waals surface area contributed by atoms with E-state index in [9.17, 15) is 9.59 Å². The second-order valence-electron chi connectivity index (χ2n) is 6.58. The van der Waals surface area contributed by atoms with E-state index in [1.807, 2.05) is 17.0 Å². The van der Waals surface area contributed by atoms with Gasteiger partial charge in [-0.15, -0.1) is 0 Å². The van der Waals surface area contributed by atoms with Crippen LogP contribution in [0.25, 0.3) is 0 Å². The van der Waals surface area contributed by atoms with Crippen LogP contribution in [0.4, 0.5) is 5.95 Å². The number of anilines is 1. The van der Waals surface area contributed by atoms with Crippen molar-refractivity contribution in [1.29, 1.82) is 0 Å². The van der Waals surface area contributed by atoms with Crippen molar-refractivity contribution in [3.63, 3.8) is 0 Å². The van der Waals surface area contributed by atoms with Gasteiger partial charge in [0.2, 0.25) is 11.9 Å². The Morgan fingerprint density at radius 3 is 2.89 bits per heavy atom. The molecular formula is C18H21N5O4. The maximum absolute atomic E-state index is 12.2. The van der Waals surface area contributed by atoms with Gasteiger partial charge in [0.15, 0.2) is 18.1 Å². The summed E-state index contributed by atoms with van der Waals surface area (Å²) in [5.74, 6) is 1.29. The van der Waals surface area contributed by atoms with Crippen LogP contribution in [0.2, 0.25) is 0 Å². The van der Waals surface area contributed by atoms with Crippen molar-refractivity contribution in [2.24, 2.45) is 0 Å². The Bertz CT molecular complexity index is 859. The summed E-state index contributed by atoms with van der Waals surface area (Å²) in [5.41, 5.74) is 0.853. The number of hydrogen-bond donors (Lipinski definition) is 1. The van der Waals surface area contributed by atoms with Crippen molar-refractivity contribution in [3.05, 3.63) is 30.1 Å². The molecule has 1 N–H and O–H groups in total. The molecule has 0 unspecified atom stereocenters. The summed E-state index contributed by atoms with van der Waals surface area (Å²) in [7, 11) is 1.54. The van der Waals surface area contributed by atoms with Gasteiger partial charge in [-0.25, -0.2) is 4.68 Å². The Labute approximate surface area is 156 Å². The van der Waals surface area contributed by atoms with Gasteiger partial charge in [0, 0.05) is 13.1 Å². The number of likely N-dealkylation sites (tertiary alicyclic amines) is 1. The third-order valence-corrected chi connectivity index (χ3v) is 4.88. The fourth-order valence-electron chi connectivity index (χ4n) is 3.47. The van der Waals surface area contributed by atoms with Crippen molar-refractivity contribution >= 4 is 17.8 Å². The molecule has 2 aromatic rings. The normalized spacial score (nSPS) is 18.8. The predicted molar refractivity (Wildman–Crippen MR) is 95.7 cm³/mol. The van der Waals surface area contributed by atoms with Crippen LogP contribution >= 0.6 is 0 Å². The van der Waals surface area contributed by atoms with E-state index in [-0.39, 0.29) is 30.9 Å². The molecule has 1 aromatic carbocycles. The number of methoxy groups -OCH3 is 1. The highest BCUT2D eigenvalue weighted by Gasteiger charge is 2.28. The number of nitrogens with zero attached hydrogens (tertiary/aromatic N) is 4. The summed E-state index contributed by atoms with van der Waals surface area (Å²) < 4.78 is 12.8. The highest BCUT2D eigenvalue weighted by molar-refractivity contribution is 5.91.